The highest BCUT2D eigenvalue weighted by Crippen LogP contribution is 2.34. The first-order chi connectivity index (χ1) is 10.1. The minimum absolute atomic E-state index is 0.248. The Kier molecular flexibility index (Phi) is 5.43. The fourth-order valence-corrected chi connectivity index (χ4v) is 3.75. The lowest BCUT2D eigenvalue weighted by molar-refractivity contribution is 0.410. The third-order valence-corrected chi connectivity index (χ3v) is 4.92. The molecule has 114 valence electrons. The largest absolute Gasteiger partial charge is 0.496 e. The predicted molar refractivity (Wildman–Crippen MR) is 91.7 cm³/mol. The number of aryl methyl sites for hydroxylation is 3. The zero-order valence-corrected chi connectivity index (χ0v) is 14.4. The van der Waals surface area contributed by atoms with Crippen molar-refractivity contribution in [3.8, 4) is 5.75 Å². The lowest BCUT2D eigenvalue weighted by Gasteiger charge is -2.20. The van der Waals surface area contributed by atoms with Crippen LogP contribution in [0.5, 0.6) is 5.75 Å². The lowest BCUT2D eigenvalue weighted by atomic mass is 10.0. The lowest BCUT2D eigenvalue weighted by Crippen LogP contribution is -2.23. The topological polar surface area (TPSA) is 21.3 Å². The van der Waals surface area contributed by atoms with E-state index in [4.69, 9.17) is 4.74 Å². The van der Waals surface area contributed by atoms with Gasteiger partial charge in [0.1, 0.15) is 5.75 Å². The Hall–Kier alpha value is -1.32. The molecule has 2 nitrogen and oxygen atoms in total. The van der Waals surface area contributed by atoms with E-state index in [1.807, 2.05) is 11.3 Å². The van der Waals surface area contributed by atoms with E-state index in [0.717, 1.165) is 18.7 Å². The molecule has 1 unspecified atom stereocenters. The molecule has 0 amide bonds. The van der Waals surface area contributed by atoms with Gasteiger partial charge in [0.2, 0.25) is 0 Å². The molecule has 0 radical (unpaired) electrons. The summed E-state index contributed by atoms with van der Waals surface area (Å²) < 4.78 is 5.49. The Morgan fingerprint density at radius 2 is 1.90 bits per heavy atom. The highest BCUT2D eigenvalue weighted by atomic mass is 32.1. The Morgan fingerprint density at radius 3 is 2.48 bits per heavy atom. The number of nitrogens with one attached hydrogen (secondary N) is 1. The van der Waals surface area contributed by atoms with Crippen LogP contribution in [0.3, 0.4) is 0 Å². The smallest absolute Gasteiger partial charge is 0.122 e. The van der Waals surface area contributed by atoms with E-state index >= 15 is 0 Å². The molecule has 1 heterocycles. The fraction of sp³-hybridized carbons (Fsp3) is 0.444. The number of rotatable bonds is 6. The summed E-state index contributed by atoms with van der Waals surface area (Å²) in [6.07, 6.45) is 1.13. The second kappa shape index (κ2) is 7.10. The molecule has 1 aromatic heterocycles. The number of hydrogen-bond donors (Lipinski definition) is 1. The average Bonchev–Trinajstić information content (AvgIpc) is 2.79. The highest BCUT2D eigenvalue weighted by molar-refractivity contribution is 7.12. The van der Waals surface area contributed by atoms with Crippen LogP contribution in [-0.4, -0.2) is 13.7 Å². The van der Waals surface area contributed by atoms with Crippen LogP contribution in [0.25, 0.3) is 0 Å². The molecular formula is C18H25NOS. The molecule has 0 bridgehead atoms. The second-order valence-corrected chi connectivity index (χ2v) is 6.81. The molecule has 0 fully saturated rings. The van der Waals surface area contributed by atoms with Crippen LogP contribution in [0.1, 0.15) is 45.8 Å². The van der Waals surface area contributed by atoms with Crippen LogP contribution in [-0.2, 0) is 0 Å². The molecule has 1 aromatic carbocycles. The maximum Gasteiger partial charge on any atom is 0.122 e. The van der Waals surface area contributed by atoms with Crippen molar-refractivity contribution in [2.24, 2.45) is 0 Å². The van der Waals surface area contributed by atoms with Gasteiger partial charge in [0.25, 0.3) is 0 Å². The van der Waals surface area contributed by atoms with Gasteiger partial charge in [-0.05, 0) is 62.6 Å². The summed E-state index contributed by atoms with van der Waals surface area (Å²) in [6, 6.07) is 9.03. The first-order valence-electron chi connectivity index (χ1n) is 7.51. The van der Waals surface area contributed by atoms with E-state index in [2.05, 4.69) is 57.3 Å². The van der Waals surface area contributed by atoms with Crippen molar-refractivity contribution in [3.63, 3.8) is 0 Å². The van der Waals surface area contributed by atoms with E-state index in [0.29, 0.717) is 0 Å². The van der Waals surface area contributed by atoms with Gasteiger partial charge >= 0.3 is 0 Å². The van der Waals surface area contributed by atoms with Crippen LogP contribution in [0, 0.1) is 20.8 Å². The summed E-state index contributed by atoms with van der Waals surface area (Å²) in [5.41, 5.74) is 3.82. The van der Waals surface area contributed by atoms with Gasteiger partial charge in [0, 0.05) is 9.75 Å². The summed E-state index contributed by atoms with van der Waals surface area (Å²) in [6.45, 7) is 9.67. The quantitative estimate of drug-likeness (QED) is 0.830. The van der Waals surface area contributed by atoms with Gasteiger partial charge < -0.3 is 10.1 Å². The molecule has 2 aromatic rings. The van der Waals surface area contributed by atoms with Crippen molar-refractivity contribution in [2.75, 3.05) is 13.7 Å². The molecule has 0 aliphatic heterocycles. The maximum absolute atomic E-state index is 5.49. The standard InChI is InChI=1S/C18H25NOS/c1-6-9-19-17(18-13(3)10-14(4)21-18)15-8-7-12(2)16(11-15)20-5/h7-8,10-11,17,19H,6,9H2,1-5H3. The number of thiophene rings is 1. The summed E-state index contributed by atoms with van der Waals surface area (Å²) in [4.78, 5) is 2.77. The zero-order chi connectivity index (χ0) is 15.4. The predicted octanol–water partition coefficient (Wildman–Crippen LogP) is 4.77. The van der Waals surface area contributed by atoms with Gasteiger partial charge in [0.15, 0.2) is 0 Å². The van der Waals surface area contributed by atoms with Crippen molar-refractivity contribution in [2.45, 2.75) is 40.2 Å². The van der Waals surface area contributed by atoms with Gasteiger partial charge in [-0.2, -0.15) is 0 Å². The third-order valence-electron chi connectivity index (χ3n) is 3.71. The molecule has 0 aliphatic rings. The van der Waals surface area contributed by atoms with Crippen LogP contribution in [0.4, 0.5) is 0 Å². The number of hydrogen-bond acceptors (Lipinski definition) is 3. The Bertz CT molecular complexity index is 603. The van der Waals surface area contributed by atoms with E-state index in [9.17, 15) is 0 Å². The molecule has 0 aliphatic carbocycles. The van der Waals surface area contributed by atoms with E-state index in [1.54, 1.807) is 7.11 Å². The normalized spacial score (nSPS) is 12.4. The summed E-state index contributed by atoms with van der Waals surface area (Å²) in [5, 5.41) is 3.68. The zero-order valence-electron chi connectivity index (χ0n) is 13.6. The van der Waals surface area contributed by atoms with Crippen molar-refractivity contribution >= 4 is 11.3 Å². The molecule has 21 heavy (non-hydrogen) atoms. The number of methoxy groups -OCH3 is 1. The summed E-state index contributed by atoms with van der Waals surface area (Å²) >= 11 is 1.88. The van der Waals surface area contributed by atoms with Crippen molar-refractivity contribution < 1.29 is 4.74 Å². The monoisotopic (exact) mass is 303 g/mol. The Balaban J connectivity index is 2.42. The van der Waals surface area contributed by atoms with Crippen LogP contribution in [0.15, 0.2) is 24.3 Å². The van der Waals surface area contributed by atoms with E-state index in [1.165, 1.54) is 26.4 Å². The average molecular weight is 303 g/mol. The van der Waals surface area contributed by atoms with Crippen LogP contribution < -0.4 is 10.1 Å². The van der Waals surface area contributed by atoms with E-state index in [-0.39, 0.29) is 6.04 Å². The summed E-state index contributed by atoms with van der Waals surface area (Å²) in [5.74, 6) is 0.960. The fourth-order valence-electron chi connectivity index (χ4n) is 2.61. The van der Waals surface area contributed by atoms with Gasteiger partial charge in [-0.15, -0.1) is 11.3 Å². The molecule has 0 saturated heterocycles. The minimum atomic E-state index is 0.248. The van der Waals surface area contributed by atoms with Gasteiger partial charge in [0.05, 0.1) is 13.2 Å². The molecule has 1 atom stereocenters. The van der Waals surface area contributed by atoms with Crippen LogP contribution >= 0.6 is 11.3 Å². The molecule has 0 spiro atoms. The van der Waals surface area contributed by atoms with Gasteiger partial charge in [-0.25, -0.2) is 0 Å². The molecule has 3 heteroatoms. The van der Waals surface area contributed by atoms with Crippen molar-refractivity contribution in [1.29, 1.82) is 0 Å². The first-order valence-corrected chi connectivity index (χ1v) is 8.33. The van der Waals surface area contributed by atoms with Gasteiger partial charge in [-0.3, -0.25) is 0 Å². The maximum atomic E-state index is 5.49. The summed E-state index contributed by atoms with van der Waals surface area (Å²) in [7, 11) is 1.74. The third kappa shape index (κ3) is 3.66. The van der Waals surface area contributed by atoms with Gasteiger partial charge in [-0.1, -0.05) is 19.1 Å². The molecule has 2 rings (SSSR count). The Labute approximate surface area is 132 Å². The van der Waals surface area contributed by atoms with Crippen LogP contribution in [0.2, 0.25) is 0 Å². The molecule has 1 N–H and O–H groups in total. The number of ether oxygens (including phenoxy) is 1. The SMILES string of the molecule is CCCNC(c1ccc(C)c(OC)c1)c1sc(C)cc1C. The Morgan fingerprint density at radius 1 is 1.14 bits per heavy atom. The molecular weight excluding hydrogens is 278 g/mol. The van der Waals surface area contributed by atoms with Crippen molar-refractivity contribution in [3.05, 3.63) is 50.7 Å². The first kappa shape index (κ1) is 16.1. The van der Waals surface area contributed by atoms with E-state index < -0.39 is 0 Å². The number of benzene rings is 1. The minimum Gasteiger partial charge on any atom is -0.496 e. The molecule has 0 saturated carbocycles. The van der Waals surface area contributed by atoms with Crippen molar-refractivity contribution in [1.82, 2.24) is 5.32 Å². The highest BCUT2D eigenvalue weighted by Gasteiger charge is 2.18. The second-order valence-electron chi connectivity index (χ2n) is 5.52.